The summed E-state index contributed by atoms with van der Waals surface area (Å²) >= 11 is 13.3. The normalized spacial score (nSPS) is 11.4. The maximum atomic E-state index is 12.4. The summed E-state index contributed by atoms with van der Waals surface area (Å²) in [6, 6.07) is 8.69. The Bertz CT molecular complexity index is 865. The third-order valence-corrected chi connectivity index (χ3v) is 4.86. The minimum Gasteiger partial charge on any atom is -0.454 e. The molecule has 2 rings (SSSR count). The first-order chi connectivity index (χ1) is 13.9. The summed E-state index contributed by atoms with van der Waals surface area (Å²) in [5.74, 6) is -0.869. The lowest BCUT2D eigenvalue weighted by atomic mass is 10.1. The minimum atomic E-state index is -0.910. The number of benzene rings is 1. The zero-order valence-corrected chi connectivity index (χ0v) is 17.8. The van der Waals surface area contributed by atoms with Crippen molar-refractivity contribution in [3.63, 3.8) is 0 Å². The molecule has 0 spiro atoms. The molecule has 0 saturated heterocycles. The van der Waals surface area contributed by atoms with E-state index in [-0.39, 0.29) is 16.4 Å². The molecule has 1 atom stereocenters. The second-order valence-electron chi connectivity index (χ2n) is 5.80. The van der Waals surface area contributed by atoms with Crippen LogP contribution in [0.5, 0.6) is 0 Å². The highest BCUT2D eigenvalue weighted by atomic mass is 35.5. The number of thioether (sulfide) groups is 1. The number of hydrogen-bond donors (Lipinski definition) is 2. The molecule has 29 heavy (non-hydrogen) atoms. The van der Waals surface area contributed by atoms with E-state index in [1.807, 2.05) is 6.26 Å². The molecular weight excluding hydrogens is 437 g/mol. The monoisotopic (exact) mass is 455 g/mol. The highest BCUT2D eigenvalue weighted by Crippen LogP contribution is 2.15. The maximum Gasteiger partial charge on any atom is 0.329 e. The van der Waals surface area contributed by atoms with Gasteiger partial charge in [0.1, 0.15) is 11.9 Å². The van der Waals surface area contributed by atoms with Gasteiger partial charge in [-0.15, -0.1) is 0 Å². The summed E-state index contributed by atoms with van der Waals surface area (Å²) in [5, 5.41) is 5.81. The molecule has 0 aliphatic carbocycles. The number of halogens is 2. The van der Waals surface area contributed by atoms with E-state index in [1.54, 1.807) is 30.3 Å². The van der Waals surface area contributed by atoms with Crippen molar-refractivity contribution < 1.29 is 19.1 Å². The van der Waals surface area contributed by atoms with Crippen LogP contribution in [0.25, 0.3) is 0 Å². The molecule has 1 unspecified atom stereocenters. The van der Waals surface area contributed by atoms with E-state index in [0.717, 1.165) is 0 Å². The van der Waals surface area contributed by atoms with E-state index >= 15 is 0 Å². The molecular formula is C19H19Cl2N3O4S. The Kier molecular flexibility index (Phi) is 9.24. The number of pyridine rings is 1. The Hall–Kier alpha value is -2.29. The lowest BCUT2D eigenvalue weighted by molar-refractivity contribution is -0.149. The number of rotatable bonds is 9. The van der Waals surface area contributed by atoms with Crippen molar-refractivity contribution in [3.8, 4) is 0 Å². The van der Waals surface area contributed by atoms with Gasteiger partial charge in [0.05, 0.1) is 15.6 Å². The van der Waals surface area contributed by atoms with Crippen molar-refractivity contribution in [3.05, 3.63) is 58.2 Å². The molecule has 10 heteroatoms. The van der Waals surface area contributed by atoms with E-state index in [0.29, 0.717) is 17.2 Å². The number of nitrogens with one attached hydrogen (secondary N) is 2. The summed E-state index contributed by atoms with van der Waals surface area (Å²) in [5.41, 5.74) is 0.252. The summed E-state index contributed by atoms with van der Waals surface area (Å²) in [6.45, 7) is -0.513. The topological polar surface area (TPSA) is 97.4 Å². The van der Waals surface area contributed by atoms with Crippen LogP contribution in [0.3, 0.4) is 0 Å². The molecule has 7 nitrogen and oxygen atoms in total. The summed E-state index contributed by atoms with van der Waals surface area (Å²) in [6.07, 6.45) is 3.60. The van der Waals surface area contributed by atoms with Crippen LogP contribution in [-0.2, 0) is 14.3 Å². The van der Waals surface area contributed by atoms with Crippen LogP contribution in [0.15, 0.2) is 42.6 Å². The van der Waals surface area contributed by atoms with Crippen LogP contribution in [-0.4, -0.2) is 47.4 Å². The van der Waals surface area contributed by atoms with Crippen molar-refractivity contribution in [1.82, 2.24) is 10.3 Å². The van der Waals surface area contributed by atoms with Crippen LogP contribution in [0.4, 0.5) is 5.82 Å². The van der Waals surface area contributed by atoms with E-state index in [4.69, 9.17) is 27.9 Å². The molecule has 0 saturated carbocycles. The number of hydrogen-bond acceptors (Lipinski definition) is 6. The lowest BCUT2D eigenvalue weighted by Gasteiger charge is -2.17. The zero-order chi connectivity index (χ0) is 21.2. The fourth-order valence-corrected chi connectivity index (χ4v) is 3.04. The van der Waals surface area contributed by atoms with Crippen LogP contribution >= 0.6 is 35.0 Å². The van der Waals surface area contributed by atoms with Crippen molar-refractivity contribution >= 4 is 58.6 Å². The number of carbonyl (C=O) groups is 3. The molecule has 1 aromatic heterocycles. The molecule has 0 radical (unpaired) electrons. The Morgan fingerprint density at radius 2 is 1.93 bits per heavy atom. The third kappa shape index (κ3) is 7.56. The van der Waals surface area contributed by atoms with Gasteiger partial charge in [0.25, 0.3) is 11.8 Å². The van der Waals surface area contributed by atoms with Crippen molar-refractivity contribution in [1.29, 1.82) is 0 Å². The first-order valence-corrected chi connectivity index (χ1v) is 10.7. The molecule has 2 aromatic rings. The predicted octanol–water partition coefficient (Wildman–Crippen LogP) is 3.42. The lowest BCUT2D eigenvalue weighted by Crippen LogP contribution is -2.43. The van der Waals surface area contributed by atoms with Crippen LogP contribution in [0.1, 0.15) is 16.8 Å². The van der Waals surface area contributed by atoms with E-state index < -0.39 is 30.4 Å². The van der Waals surface area contributed by atoms with Crippen LogP contribution < -0.4 is 10.6 Å². The van der Waals surface area contributed by atoms with Crippen LogP contribution in [0, 0.1) is 0 Å². The summed E-state index contributed by atoms with van der Waals surface area (Å²) < 4.78 is 5.06. The number of aromatic nitrogens is 1. The first-order valence-electron chi connectivity index (χ1n) is 8.53. The molecule has 1 heterocycles. The van der Waals surface area contributed by atoms with Gasteiger partial charge in [0.2, 0.25) is 0 Å². The van der Waals surface area contributed by atoms with Gasteiger partial charge in [-0.2, -0.15) is 11.8 Å². The predicted molar refractivity (Wildman–Crippen MR) is 115 cm³/mol. The van der Waals surface area contributed by atoms with E-state index in [9.17, 15) is 14.4 Å². The first kappa shape index (κ1) is 23.0. The number of carbonyl (C=O) groups excluding carboxylic acids is 3. The van der Waals surface area contributed by atoms with Crippen molar-refractivity contribution in [2.75, 3.05) is 23.9 Å². The van der Waals surface area contributed by atoms with Gasteiger partial charge in [-0.25, -0.2) is 9.78 Å². The van der Waals surface area contributed by atoms with Gasteiger partial charge >= 0.3 is 5.97 Å². The summed E-state index contributed by atoms with van der Waals surface area (Å²) in [4.78, 5) is 40.7. The molecule has 0 aliphatic rings. The van der Waals surface area contributed by atoms with Crippen molar-refractivity contribution in [2.24, 2.45) is 0 Å². The Labute approximate surface area is 182 Å². The molecule has 0 aliphatic heterocycles. The highest BCUT2D eigenvalue weighted by molar-refractivity contribution is 7.98. The number of nitrogens with zero attached hydrogens (tertiary/aromatic N) is 1. The van der Waals surface area contributed by atoms with Crippen molar-refractivity contribution in [2.45, 2.75) is 12.5 Å². The second kappa shape index (κ2) is 11.6. The van der Waals surface area contributed by atoms with E-state index in [1.165, 1.54) is 24.0 Å². The fraction of sp³-hybridized carbons (Fsp3) is 0.263. The number of esters is 1. The van der Waals surface area contributed by atoms with Gasteiger partial charge in [-0.1, -0.05) is 35.3 Å². The number of amides is 2. The third-order valence-electron chi connectivity index (χ3n) is 3.66. The number of anilines is 1. The van der Waals surface area contributed by atoms with Gasteiger partial charge in [0, 0.05) is 6.20 Å². The molecule has 0 fully saturated rings. The fourth-order valence-electron chi connectivity index (χ4n) is 2.23. The molecule has 2 amide bonds. The maximum absolute atomic E-state index is 12.4. The molecule has 154 valence electrons. The second-order valence-corrected chi connectivity index (χ2v) is 7.63. The average molecular weight is 456 g/mol. The van der Waals surface area contributed by atoms with Gasteiger partial charge in [-0.05, 0) is 42.7 Å². The quantitative estimate of drug-likeness (QED) is 0.562. The van der Waals surface area contributed by atoms with Gasteiger partial charge < -0.3 is 15.4 Å². The standard InChI is InChI=1S/C19H19Cl2N3O4S/c1-29-9-8-15(23-18(26)13-4-2-3-5-14(13)21)19(27)28-11-17(25)24-16-7-6-12(20)10-22-16/h2-7,10,15H,8-9,11H2,1H3,(H,23,26)(H,22,24,25). The molecule has 2 N–H and O–H groups in total. The largest absolute Gasteiger partial charge is 0.454 e. The summed E-state index contributed by atoms with van der Waals surface area (Å²) in [7, 11) is 0. The van der Waals surface area contributed by atoms with Crippen LogP contribution in [0.2, 0.25) is 10.0 Å². The smallest absolute Gasteiger partial charge is 0.329 e. The highest BCUT2D eigenvalue weighted by Gasteiger charge is 2.24. The zero-order valence-electron chi connectivity index (χ0n) is 15.5. The van der Waals surface area contributed by atoms with Gasteiger partial charge in [0.15, 0.2) is 6.61 Å². The SMILES string of the molecule is CSCCC(NC(=O)c1ccccc1Cl)C(=O)OCC(=O)Nc1ccc(Cl)cn1. The number of ether oxygens (including phenoxy) is 1. The Balaban J connectivity index is 1.93. The Morgan fingerprint density at radius 1 is 1.17 bits per heavy atom. The van der Waals surface area contributed by atoms with Gasteiger partial charge in [-0.3, -0.25) is 9.59 Å². The molecule has 0 bridgehead atoms. The van der Waals surface area contributed by atoms with E-state index in [2.05, 4.69) is 15.6 Å². The minimum absolute atomic E-state index is 0.252. The molecule has 1 aromatic carbocycles. The average Bonchev–Trinajstić information content (AvgIpc) is 2.71. The Morgan fingerprint density at radius 3 is 2.59 bits per heavy atom.